The minimum atomic E-state index is -3.06. The van der Waals surface area contributed by atoms with Crippen LogP contribution in [0.25, 0.3) is 0 Å². The Balaban J connectivity index is 3.07. The standard InChI is InChI=1S/C11H17O3P/c1-4-14-15(3,13)11(2,12)10-8-6-5-7-9-10/h5-9,12H,4H2,1-3H3. The minimum absolute atomic E-state index is 0.330. The maximum Gasteiger partial charge on any atom is 0.234 e. The van der Waals surface area contributed by atoms with Gasteiger partial charge < -0.3 is 9.63 Å². The minimum Gasteiger partial charge on any atom is -0.375 e. The van der Waals surface area contributed by atoms with Gasteiger partial charge >= 0.3 is 0 Å². The molecule has 3 nitrogen and oxygen atoms in total. The fourth-order valence-corrected chi connectivity index (χ4v) is 2.72. The van der Waals surface area contributed by atoms with Gasteiger partial charge in [-0.25, -0.2) is 0 Å². The van der Waals surface area contributed by atoms with E-state index < -0.39 is 12.7 Å². The summed E-state index contributed by atoms with van der Waals surface area (Å²) in [6.45, 7) is 5.08. The molecule has 0 heterocycles. The molecule has 2 unspecified atom stereocenters. The molecule has 0 saturated carbocycles. The van der Waals surface area contributed by atoms with E-state index in [9.17, 15) is 9.67 Å². The Morgan fingerprint density at radius 3 is 2.40 bits per heavy atom. The summed E-state index contributed by atoms with van der Waals surface area (Å²) in [7, 11) is -3.06. The van der Waals surface area contributed by atoms with Gasteiger partial charge in [-0.3, -0.25) is 4.57 Å². The molecule has 0 saturated heterocycles. The first-order chi connectivity index (χ1) is 6.92. The number of benzene rings is 1. The number of aliphatic hydroxyl groups is 1. The highest BCUT2D eigenvalue weighted by atomic mass is 31.2. The molecule has 0 aliphatic heterocycles. The molecule has 1 N–H and O–H groups in total. The third-order valence-corrected chi connectivity index (χ3v) is 5.08. The van der Waals surface area contributed by atoms with Crippen molar-refractivity contribution in [2.45, 2.75) is 19.2 Å². The second-order valence-electron chi connectivity index (χ2n) is 3.65. The molecule has 15 heavy (non-hydrogen) atoms. The largest absolute Gasteiger partial charge is 0.375 e. The Morgan fingerprint density at radius 1 is 1.40 bits per heavy atom. The van der Waals surface area contributed by atoms with E-state index in [1.165, 1.54) is 13.6 Å². The van der Waals surface area contributed by atoms with Crippen LogP contribution in [0.15, 0.2) is 30.3 Å². The second-order valence-corrected chi connectivity index (χ2v) is 6.47. The number of hydrogen-bond acceptors (Lipinski definition) is 3. The number of hydrogen-bond donors (Lipinski definition) is 1. The first-order valence-electron chi connectivity index (χ1n) is 4.92. The Bertz CT molecular complexity index is 359. The smallest absolute Gasteiger partial charge is 0.234 e. The van der Waals surface area contributed by atoms with Gasteiger partial charge in [-0.1, -0.05) is 30.3 Å². The molecule has 0 aliphatic carbocycles. The van der Waals surface area contributed by atoms with Crippen molar-refractivity contribution in [3.05, 3.63) is 35.9 Å². The molecule has 84 valence electrons. The van der Waals surface area contributed by atoms with E-state index in [0.717, 1.165) is 0 Å². The van der Waals surface area contributed by atoms with E-state index in [1.54, 1.807) is 31.2 Å². The first-order valence-corrected chi connectivity index (χ1v) is 6.99. The zero-order valence-corrected chi connectivity index (χ0v) is 10.2. The lowest BCUT2D eigenvalue weighted by Crippen LogP contribution is -2.22. The molecule has 0 aliphatic rings. The number of rotatable bonds is 4. The quantitative estimate of drug-likeness (QED) is 0.806. The Morgan fingerprint density at radius 2 is 1.93 bits per heavy atom. The average Bonchev–Trinajstić information content (AvgIpc) is 2.19. The second kappa shape index (κ2) is 4.48. The van der Waals surface area contributed by atoms with Crippen LogP contribution in [-0.2, 0) is 14.4 Å². The van der Waals surface area contributed by atoms with Gasteiger partial charge in [-0.05, 0) is 19.4 Å². The van der Waals surface area contributed by atoms with Crippen molar-refractivity contribution in [1.29, 1.82) is 0 Å². The summed E-state index contributed by atoms with van der Waals surface area (Å²) in [4.78, 5) is 0. The predicted molar refractivity (Wildman–Crippen MR) is 61.2 cm³/mol. The molecule has 4 heteroatoms. The van der Waals surface area contributed by atoms with E-state index in [2.05, 4.69) is 0 Å². The van der Waals surface area contributed by atoms with Gasteiger partial charge in [-0.15, -0.1) is 0 Å². The molecule has 0 aromatic heterocycles. The molecule has 1 aromatic rings. The zero-order valence-electron chi connectivity index (χ0n) is 9.30. The predicted octanol–water partition coefficient (Wildman–Crippen LogP) is 2.80. The highest BCUT2D eigenvalue weighted by Crippen LogP contribution is 2.59. The summed E-state index contributed by atoms with van der Waals surface area (Å²) in [6, 6.07) is 8.94. The lowest BCUT2D eigenvalue weighted by Gasteiger charge is -2.30. The summed E-state index contributed by atoms with van der Waals surface area (Å²) in [5.74, 6) is 0. The topological polar surface area (TPSA) is 46.5 Å². The fourth-order valence-electron chi connectivity index (χ4n) is 1.36. The van der Waals surface area contributed by atoms with Crippen LogP contribution >= 0.6 is 7.37 Å². The summed E-state index contributed by atoms with van der Waals surface area (Å²) >= 11 is 0. The Hall–Kier alpha value is -0.630. The SMILES string of the molecule is CCOP(C)(=O)C(C)(O)c1ccccc1. The van der Waals surface area contributed by atoms with Crippen LogP contribution in [0.4, 0.5) is 0 Å². The summed E-state index contributed by atoms with van der Waals surface area (Å²) in [5, 5.41) is 8.83. The highest BCUT2D eigenvalue weighted by molar-refractivity contribution is 7.59. The van der Waals surface area contributed by atoms with Crippen molar-refractivity contribution in [2.75, 3.05) is 13.3 Å². The third-order valence-electron chi connectivity index (χ3n) is 2.49. The van der Waals surface area contributed by atoms with Gasteiger partial charge in [0.15, 0.2) is 5.34 Å². The van der Waals surface area contributed by atoms with Crippen LogP contribution in [0, 0.1) is 0 Å². The van der Waals surface area contributed by atoms with E-state index in [4.69, 9.17) is 4.52 Å². The fraction of sp³-hybridized carbons (Fsp3) is 0.455. The summed E-state index contributed by atoms with van der Waals surface area (Å²) < 4.78 is 17.3. The van der Waals surface area contributed by atoms with Crippen molar-refractivity contribution >= 4 is 7.37 Å². The van der Waals surface area contributed by atoms with Gasteiger partial charge in [0, 0.05) is 6.66 Å². The van der Waals surface area contributed by atoms with Crippen LogP contribution < -0.4 is 0 Å². The van der Waals surface area contributed by atoms with Crippen LogP contribution in [-0.4, -0.2) is 18.4 Å². The van der Waals surface area contributed by atoms with E-state index in [1.807, 2.05) is 6.07 Å². The Kier molecular flexibility index (Phi) is 3.72. The maximum atomic E-state index is 12.2. The molecular formula is C11H17O3P. The molecule has 0 amide bonds. The van der Waals surface area contributed by atoms with E-state index in [0.29, 0.717) is 12.2 Å². The Labute approximate surface area is 90.5 Å². The molecular weight excluding hydrogens is 211 g/mol. The van der Waals surface area contributed by atoms with Crippen LogP contribution in [0.5, 0.6) is 0 Å². The maximum absolute atomic E-state index is 12.2. The molecule has 2 atom stereocenters. The molecule has 0 fully saturated rings. The van der Waals surface area contributed by atoms with Gasteiger partial charge in [0.1, 0.15) is 0 Å². The summed E-state index contributed by atoms with van der Waals surface area (Å²) in [5.41, 5.74) is 0.615. The van der Waals surface area contributed by atoms with Crippen LogP contribution in [0.2, 0.25) is 0 Å². The van der Waals surface area contributed by atoms with Gasteiger partial charge in [-0.2, -0.15) is 0 Å². The summed E-state index contributed by atoms with van der Waals surface area (Å²) in [6.07, 6.45) is 0. The molecule has 0 spiro atoms. The molecule has 1 aromatic carbocycles. The van der Waals surface area contributed by atoms with E-state index >= 15 is 0 Å². The average molecular weight is 228 g/mol. The van der Waals surface area contributed by atoms with E-state index in [-0.39, 0.29) is 0 Å². The van der Waals surface area contributed by atoms with Crippen molar-refractivity contribution < 1.29 is 14.2 Å². The zero-order chi connectivity index (χ0) is 11.5. The van der Waals surface area contributed by atoms with Crippen molar-refractivity contribution in [3.63, 3.8) is 0 Å². The van der Waals surface area contributed by atoms with Crippen LogP contribution in [0.1, 0.15) is 19.4 Å². The van der Waals surface area contributed by atoms with Crippen LogP contribution in [0.3, 0.4) is 0 Å². The monoisotopic (exact) mass is 228 g/mol. The highest BCUT2D eigenvalue weighted by Gasteiger charge is 2.41. The third kappa shape index (κ3) is 2.49. The van der Waals surface area contributed by atoms with Gasteiger partial charge in [0.2, 0.25) is 7.37 Å². The van der Waals surface area contributed by atoms with Gasteiger partial charge in [0.05, 0.1) is 6.61 Å². The lowest BCUT2D eigenvalue weighted by molar-refractivity contribution is 0.120. The molecule has 0 radical (unpaired) electrons. The normalized spacial score (nSPS) is 19.2. The van der Waals surface area contributed by atoms with Gasteiger partial charge in [0.25, 0.3) is 0 Å². The van der Waals surface area contributed by atoms with Crippen molar-refractivity contribution in [1.82, 2.24) is 0 Å². The first kappa shape index (κ1) is 12.4. The van der Waals surface area contributed by atoms with Crippen molar-refractivity contribution in [2.24, 2.45) is 0 Å². The molecule has 0 bridgehead atoms. The molecule has 1 rings (SSSR count). The lowest BCUT2D eigenvalue weighted by atomic mass is 10.1. The van der Waals surface area contributed by atoms with Crippen molar-refractivity contribution in [3.8, 4) is 0 Å².